The van der Waals surface area contributed by atoms with Gasteiger partial charge in [-0.25, -0.2) is 44.9 Å². The van der Waals surface area contributed by atoms with Crippen LogP contribution in [0.3, 0.4) is 0 Å². The van der Waals surface area contributed by atoms with Gasteiger partial charge in [0, 0.05) is 11.6 Å². The number of fused-ring (bicyclic) bond motifs is 3. The van der Waals surface area contributed by atoms with Gasteiger partial charge in [-0.3, -0.25) is 0 Å². The van der Waals surface area contributed by atoms with Crippen molar-refractivity contribution in [1.29, 1.82) is 0 Å². The van der Waals surface area contributed by atoms with Gasteiger partial charge in [0.1, 0.15) is 40.3 Å². The van der Waals surface area contributed by atoms with E-state index in [0.29, 0.717) is 57.1 Å². The van der Waals surface area contributed by atoms with E-state index in [1.165, 1.54) is 25.6 Å². The molecule has 14 heteroatoms. The average molecular weight is 557 g/mol. The fourth-order valence-corrected chi connectivity index (χ4v) is 5.81. The number of hydrogen-bond donors (Lipinski definition) is 1. The lowest BCUT2D eigenvalue weighted by Crippen LogP contribution is -2.15. The van der Waals surface area contributed by atoms with Gasteiger partial charge in [-0.1, -0.05) is 19.3 Å². The summed E-state index contributed by atoms with van der Waals surface area (Å²) in [6.45, 7) is 3.77. The van der Waals surface area contributed by atoms with Crippen molar-refractivity contribution in [1.82, 2.24) is 70.0 Å². The van der Waals surface area contributed by atoms with Crippen molar-refractivity contribution in [2.45, 2.75) is 52.0 Å². The largest absolute Gasteiger partial charge is 0.319 e. The number of tetrazole rings is 1. The molecular formula is C28H24N14. The average Bonchev–Trinajstić information content (AvgIpc) is 3.69. The molecule has 206 valence electrons. The molecule has 0 amide bonds. The number of nitrogens with zero attached hydrogens (tertiary/aromatic N) is 13. The maximum absolute atomic E-state index is 5.16. The predicted molar refractivity (Wildman–Crippen MR) is 153 cm³/mol. The highest BCUT2D eigenvalue weighted by Crippen LogP contribution is 2.37. The van der Waals surface area contributed by atoms with E-state index in [1.54, 1.807) is 12.4 Å². The van der Waals surface area contributed by atoms with Crippen LogP contribution >= 0.6 is 0 Å². The summed E-state index contributed by atoms with van der Waals surface area (Å²) in [4.78, 5) is 42.0. The monoisotopic (exact) mass is 556 g/mol. The zero-order valence-electron chi connectivity index (χ0n) is 22.9. The van der Waals surface area contributed by atoms with E-state index in [2.05, 4.69) is 51.2 Å². The number of rotatable bonds is 4. The summed E-state index contributed by atoms with van der Waals surface area (Å²) in [6, 6.07) is 6.39. The summed E-state index contributed by atoms with van der Waals surface area (Å²) in [5.41, 5.74) is 7.29. The lowest BCUT2D eigenvalue weighted by molar-refractivity contribution is 0.362. The Labute approximate surface area is 238 Å². The third kappa shape index (κ3) is 4.02. The van der Waals surface area contributed by atoms with E-state index in [1.807, 2.05) is 26.0 Å². The van der Waals surface area contributed by atoms with Gasteiger partial charge >= 0.3 is 0 Å². The van der Waals surface area contributed by atoms with Crippen molar-refractivity contribution in [2.24, 2.45) is 0 Å². The standard InChI is InChI=1S/C28H24N14/c1-14-22(37-24-23(33-15(2)34-27(24)32-14)19-12-30-26-20(35-19)11-29-13-31-26)28-36-18-10-16(25-38-40-41-39-25)8-9-21(18)42(28)17-6-4-3-5-7-17/h8-13,17H,3-7H2,1-2H3,(H,38,39,40,41). The van der Waals surface area contributed by atoms with Crippen molar-refractivity contribution in [3.63, 3.8) is 0 Å². The first-order chi connectivity index (χ1) is 20.6. The zero-order valence-corrected chi connectivity index (χ0v) is 22.9. The number of H-pyrrole nitrogens is 1. The number of aromatic nitrogens is 14. The molecule has 0 radical (unpaired) electrons. The molecule has 0 unspecified atom stereocenters. The van der Waals surface area contributed by atoms with E-state index in [-0.39, 0.29) is 0 Å². The molecule has 0 aliphatic heterocycles. The van der Waals surface area contributed by atoms with Crippen LogP contribution in [0, 0.1) is 13.8 Å². The third-order valence-corrected chi connectivity index (χ3v) is 7.73. The molecule has 42 heavy (non-hydrogen) atoms. The molecule has 1 aliphatic carbocycles. The molecule has 7 aromatic rings. The highest BCUT2D eigenvalue weighted by atomic mass is 15.5. The van der Waals surface area contributed by atoms with Gasteiger partial charge in [-0.05, 0) is 50.1 Å². The van der Waals surface area contributed by atoms with E-state index in [9.17, 15) is 0 Å². The number of aromatic amines is 1. The van der Waals surface area contributed by atoms with Crippen LogP contribution in [0.5, 0.6) is 0 Å². The van der Waals surface area contributed by atoms with Crippen LogP contribution in [0.2, 0.25) is 0 Å². The quantitative estimate of drug-likeness (QED) is 0.328. The SMILES string of the molecule is Cc1nc(-c2cnc3ncncc3n2)c2nc(-c3nc4cc(-c5nn[nH]n5)ccc4n3C3CCCCC3)c(C)nc2n1. The molecular weight excluding hydrogens is 532 g/mol. The van der Waals surface area contributed by atoms with Gasteiger partial charge in [0.2, 0.25) is 5.82 Å². The molecule has 0 spiro atoms. The Morgan fingerprint density at radius 1 is 0.833 bits per heavy atom. The minimum absolute atomic E-state index is 0.298. The minimum atomic E-state index is 0.298. The molecule has 1 N–H and O–H groups in total. The molecule has 8 rings (SSSR count). The van der Waals surface area contributed by atoms with Gasteiger partial charge in [0.15, 0.2) is 17.1 Å². The van der Waals surface area contributed by atoms with Crippen LogP contribution in [-0.2, 0) is 0 Å². The van der Waals surface area contributed by atoms with Crippen molar-refractivity contribution >= 4 is 33.4 Å². The molecule has 0 bridgehead atoms. The summed E-state index contributed by atoms with van der Waals surface area (Å²) in [7, 11) is 0. The molecule has 6 heterocycles. The Morgan fingerprint density at radius 2 is 1.74 bits per heavy atom. The van der Waals surface area contributed by atoms with Gasteiger partial charge in [0.25, 0.3) is 0 Å². The number of nitrogens with one attached hydrogen (secondary N) is 1. The van der Waals surface area contributed by atoms with Crippen LogP contribution in [0.4, 0.5) is 0 Å². The van der Waals surface area contributed by atoms with Crippen LogP contribution in [0.25, 0.3) is 67.7 Å². The van der Waals surface area contributed by atoms with Crippen LogP contribution in [-0.4, -0.2) is 70.0 Å². The van der Waals surface area contributed by atoms with Gasteiger partial charge in [0.05, 0.1) is 29.1 Å². The first-order valence-corrected chi connectivity index (χ1v) is 13.8. The lowest BCUT2D eigenvalue weighted by atomic mass is 9.95. The van der Waals surface area contributed by atoms with E-state index in [4.69, 9.17) is 24.9 Å². The van der Waals surface area contributed by atoms with Crippen molar-refractivity contribution < 1.29 is 0 Å². The molecule has 6 aromatic heterocycles. The van der Waals surface area contributed by atoms with E-state index < -0.39 is 0 Å². The molecule has 14 nitrogen and oxygen atoms in total. The Balaban J connectivity index is 1.36. The number of imidazole rings is 1. The van der Waals surface area contributed by atoms with Crippen molar-refractivity contribution in [3.8, 4) is 34.3 Å². The first kappa shape index (κ1) is 24.4. The number of hydrogen-bond acceptors (Lipinski definition) is 12. The summed E-state index contributed by atoms with van der Waals surface area (Å²) in [5.74, 6) is 1.85. The predicted octanol–water partition coefficient (Wildman–Crippen LogP) is 4.14. The molecule has 0 saturated heterocycles. The molecule has 1 aliphatic rings. The van der Waals surface area contributed by atoms with Crippen LogP contribution < -0.4 is 0 Å². The second kappa shape index (κ2) is 9.61. The van der Waals surface area contributed by atoms with E-state index in [0.717, 1.165) is 41.0 Å². The fourth-order valence-electron chi connectivity index (χ4n) is 5.81. The second-order valence-electron chi connectivity index (χ2n) is 10.5. The Kier molecular flexibility index (Phi) is 5.58. The zero-order chi connectivity index (χ0) is 28.2. The highest BCUT2D eigenvalue weighted by molar-refractivity contribution is 5.89. The highest BCUT2D eigenvalue weighted by Gasteiger charge is 2.26. The Hall–Kier alpha value is -5.40. The van der Waals surface area contributed by atoms with Gasteiger partial charge in [-0.2, -0.15) is 5.21 Å². The smallest absolute Gasteiger partial charge is 0.204 e. The van der Waals surface area contributed by atoms with Gasteiger partial charge < -0.3 is 4.57 Å². The van der Waals surface area contributed by atoms with Crippen molar-refractivity contribution in [2.75, 3.05) is 0 Å². The summed E-state index contributed by atoms with van der Waals surface area (Å²) in [6.07, 6.45) is 10.5. The Bertz CT molecular complexity index is 2110. The maximum atomic E-state index is 5.16. The minimum Gasteiger partial charge on any atom is -0.319 e. The van der Waals surface area contributed by atoms with Crippen LogP contribution in [0.1, 0.15) is 49.7 Å². The van der Waals surface area contributed by atoms with Gasteiger partial charge in [-0.15, -0.1) is 10.2 Å². The third-order valence-electron chi connectivity index (χ3n) is 7.73. The Morgan fingerprint density at radius 3 is 2.60 bits per heavy atom. The molecule has 1 saturated carbocycles. The summed E-state index contributed by atoms with van der Waals surface area (Å²) in [5, 5.41) is 14.5. The topological polar surface area (TPSA) is 175 Å². The van der Waals surface area contributed by atoms with Crippen molar-refractivity contribution in [3.05, 3.63) is 48.4 Å². The number of benzene rings is 1. The van der Waals surface area contributed by atoms with Crippen LogP contribution in [0.15, 0.2) is 36.9 Å². The second-order valence-corrected chi connectivity index (χ2v) is 10.5. The first-order valence-electron chi connectivity index (χ1n) is 13.8. The van der Waals surface area contributed by atoms with E-state index >= 15 is 0 Å². The molecule has 0 atom stereocenters. The number of aryl methyl sites for hydroxylation is 2. The normalized spacial score (nSPS) is 14.3. The molecule has 1 aromatic carbocycles. The maximum Gasteiger partial charge on any atom is 0.204 e. The summed E-state index contributed by atoms with van der Waals surface area (Å²) >= 11 is 0. The lowest BCUT2D eigenvalue weighted by Gasteiger charge is -2.25. The fraction of sp³-hybridized carbons (Fsp3) is 0.286. The molecule has 1 fully saturated rings. The summed E-state index contributed by atoms with van der Waals surface area (Å²) < 4.78 is 2.33.